The van der Waals surface area contributed by atoms with Gasteiger partial charge in [-0.3, -0.25) is 14.6 Å². The van der Waals surface area contributed by atoms with Crippen LogP contribution in [0.15, 0.2) is 18.5 Å². The average Bonchev–Trinajstić information content (AvgIpc) is 2.32. The average molecular weight is 249 g/mol. The minimum absolute atomic E-state index is 0.0604. The number of hydrogen-bond donors (Lipinski definition) is 1. The molecule has 1 aliphatic heterocycles. The van der Waals surface area contributed by atoms with Crippen molar-refractivity contribution in [2.75, 3.05) is 13.2 Å². The first-order valence-electron chi connectivity index (χ1n) is 5.79. The zero-order chi connectivity index (χ0) is 13.2. The highest BCUT2D eigenvalue weighted by Gasteiger charge is 2.47. The molecule has 5 heteroatoms. The fourth-order valence-corrected chi connectivity index (χ4v) is 2.20. The van der Waals surface area contributed by atoms with Gasteiger partial charge in [-0.1, -0.05) is 6.07 Å². The van der Waals surface area contributed by atoms with Gasteiger partial charge in [-0.2, -0.15) is 0 Å². The number of carbonyl (C=O) groups excluding carboxylic acids is 1. The van der Waals surface area contributed by atoms with Crippen LogP contribution >= 0.6 is 0 Å². The monoisotopic (exact) mass is 249 g/mol. The molecule has 0 amide bonds. The summed E-state index contributed by atoms with van der Waals surface area (Å²) in [6, 6.07) is 1.85. The lowest BCUT2D eigenvalue weighted by Crippen LogP contribution is -2.48. The fourth-order valence-electron chi connectivity index (χ4n) is 2.20. The maximum atomic E-state index is 12.0. The molecule has 2 rings (SSSR count). The molecular formula is C13H15NO4. The third-order valence-corrected chi connectivity index (χ3v) is 3.20. The Labute approximate surface area is 105 Å². The van der Waals surface area contributed by atoms with E-state index in [9.17, 15) is 14.7 Å². The Bertz CT molecular complexity index is 486. The Kier molecular flexibility index (Phi) is 3.43. The van der Waals surface area contributed by atoms with E-state index >= 15 is 0 Å². The number of hydrogen-bond acceptors (Lipinski definition) is 4. The largest absolute Gasteiger partial charge is 0.480 e. The van der Waals surface area contributed by atoms with Crippen LogP contribution in [0.3, 0.4) is 0 Å². The number of carboxylic acid groups (broad SMARTS) is 1. The van der Waals surface area contributed by atoms with Crippen LogP contribution in [-0.4, -0.2) is 35.1 Å². The Hall–Kier alpha value is -1.75. The molecule has 1 saturated heterocycles. The highest BCUT2D eigenvalue weighted by molar-refractivity contribution is 6.04. The summed E-state index contributed by atoms with van der Waals surface area (Å²) in [5, 5.41) is 9.37. The minimum atomic E-state index is -1.45. The minimum Gasteiger partial charge on any atom is -0.480 e. The summed E-state index contributed by atoms with van der Waals surface area (Å²) in [5.41, 5.74) is 0.238. The Balaban J connectivity index is 2.31. The van der Waals surface area contributed by atoms with Gasteiger partial charge in [-0.05, 0) is 24.5 Å². The number of pyridine rings is 1. The predicted molar refractivity (Wildman–Crippen MR) is 63.2 cm³/mol. The van der Waals surface area contributed by atoms with E-state index < -0.39 is 11.4 Å². The van der Waals surface area contributed by atoms with Crippen molar-refractivity contribution in [3.8, 4) is 0 Å². The number of rotatable bonds is 3. The van der Waals surface area contributed by atoms with Crippen molar-refractivity contribution in [1.29, 1.82) is 0 Å². The smallest absolute Gasteiger partial charge is 0.319 e. The zero-order valence-corrected chi connectivity index (χ0v) is 10.2. The number of aliphatic carboxylic acids is 1. The molecule has 1 aromatic rings. The van der Waals surface area contributed by atoms with Crippen LogP contribution in [0.25, 0.3) is 0 Å². The van der Waals surface area contributed by atoms with Crippen LogP contribution in [0.1, 0.15) is 17.5 Å². The molecule has 0 spiro atoms. The van der Waals surface area contributed by atoms with E-state index in [2.05, 4.69) is 4.98 Å². The number of ether oxygens (including phenoxy) is 1. The van der Waals surface area contributed by atoms with Gasteiger partial charge in [0.05, 0.1) is 13.2 Å². The van der Waals surface area contributed by atoms with Crippen LogP contribution in [0.4, 0.5) is 0 Å². The zero-order valence-electron chi connectivity index (χ0n) is 10.2. The van der Waals surface area contributed by atoms with Gasteiger partial charge in [0.25, 0.3) is 0 Å². The molecule has 1 aliphatic rings. The Morgan fingerprint density at radius 2 is 2.33 bits per heavy atom. The van der Waals surface area contributed by atoms with Crippen LogP contribution in [0.2, 0.25) is 0 Å². The normalized spacial score (nSPS) is 23.9. The second kappa shape index (κ2) is 4.86. The van der Waals surface area contributed by atoms with Crippen molar-refractivity contribution < 1.29 is 19.4 Å². The topological polar surface area (TPSA) is 76.5 Å². The van der Waals surface area contributed by atoms with Crippen LogP contribution in [0.5, 0.6) is 0 Å². The molecule has 5 nitrogen and oxygen atoms in total. The van der Waals surface area contributed by atoms with Crippen LogP contribution in [-0.2, 0) is 20.7 Å². The van der Waals surface area contributed by atoms with Gasteiger partial charge < -0.3 is 9.84 Å². The molecule has 1 fully saturated rings. The number of carboxylic acids is 1. The van der Waals surface area contributed by atoms with Gasteiger partial charge in [0.1, 0.15) is 0 Å². The number of nitrogens with zero attached hydrogens (tertiary/aromatic N) is 1. The summed E-state index contributed by atoms with van der Waals surface area (Å²) in [7, 11) is 0. The van der Waals surface area contributed by atoms with Crippen molar-refractivity contribution in [3.63, 3.8) is 0 Å². The van der Waals surface area contributed by atoms with E-state index in [1.165, 1.54) is 0 Å². The summed E-state index contributed by atoms with van der Waals surface area (Å²) in [6.45, 7) is 2.12. The Morgan fingerprint density at radius 3 is 2.94 bits per heavy atom. The predicted octanol–water partition coefficient (Wildman–Crippen LogP) is 0.993. The van der Waals surface area contributed by atoms with Crippen molar-refractivity contribution >= 4 is 11.8 Å². The maximum Gasteiger partial charge on any atom is 0.319 e. The highest BCUT2D eigenvalue weighted by atomic mass is 16.5. The summed E-state index contributed by atoms with van der Waals surface area (Å²) < 4.78 is 5.20. The van der Waals surface area contributed by atoms with E-state index in [0.29, 0.717) is 6.61 Å². The van der Waals surface area contributed by atoms with E-state index in [1.54, 1.807) is 12.4 Å². The maximum absolute atomic E-state index is 12.0. The molecule has 1 aromatic heterocycles. The molecule has 0 aliphatic carbocycles. The van der Waals surface area contributed by atoms with E-state index in [1.807, 2.05) is 13.0 Å². The van der Waals surface area contributed by atoms with Crippen LogP contribution in [0, 0.1) is 12.3 Å². The second-order valence-electron chi connectivity index (χ2n) is 4.66. The summed E-state index contributed by atoms with van der Waals surface area (Å²) in [4.78, 5) is 27.4. The summed E-state index contributed by atoms with van der Waals surface area (Å²) in [5.74, 6) is -1.38. The summed E-state index contributed by atoms with van der Waals surface area (Å²) >= 11 is 0. The molecule has 0 saturated carbocycles. The van der Waals surface area contributed by atoms with E-state index in [0.717, 1.165) is 11.1 Å². The lowest BCUT2D eigenvalue weighted by Gasteiger charge is -2.31. The molecule has 1 atom stereocenters. The van der Waals surface area contributed by atoms with Crippen molar-refractivity contribution in [3.05, 3.63) is 29.6 Å². The molecular weight excluding hydrogens is 234 g/mol. The Morgan fingerprint density at radius 1 is 1.56 bits per heavy atom. The van der Waals surface area contributed by atoms with Crippen molar-refractivity contribution in [1.82, 2.24) is 4.98 Å². The molecule has 2 heterocycles. The number of carbonyl (C=O) groups is 2. The first-order chi connectivity index (χ1) is 8.54. The SMILES string of the molecule is Cc1cncc(CC2(C(=O)O)COCCC2=O)c1. The number of Topliss-reactive ketones (excluding diaryl/α,β-unsaturated/α-hetero) is 1. The molecule has 0 bridgehead atoms. The molecule has 1 N–H and O–H groups in total. The lowest BCUT2D eigenvalue weighted by molar-refractivity contribution is -0.164. The third-order valence-electron chi connectivity index (χ3n) is 3.20. The van der Waals surface area contributed by atoms with E-state index in [-0.39, 0.29) is 25.2 Å². The number of aromatic nitrogens is 1. The fraction of sp³-hybridized carbons (Fsp3) is 0.462. The third kappa shape index (κ3) is 2.26. The number of aryl methyl sites for hydroxylation is 1. The molecule has 18 heavy (non-hydrogen) atoms. The summed E-state index contributed by atoms with van der Waals surface area (Å²) in [6.07, 6.45) is 3.58. The van der Waals surface area contributed by atoms with Gasteiger partial charge in [0.15, 0.2) is 11.2 Å². The first-order valence-corrected chi connectivity index (χ1v) is 5.79. The van der Waals surface area contributed by atoms with Gasteiger partial charge in [-0.25, -0.2) is 0 Å². The van der Waals surface area contributed by atoms with Gasteiger partial charge in [0.2, 0.25) is 0 Å². The van der Waals surface area contributed by atoms with Gasteiger partial charge in [0, 0.05) is 18.8 Å². The van der Waals surface area contributed by atoms with E-state index in [4.69, 9.17) is 4.74 Å². The second-order valence-corrected chi connectivity index (χ2v) is 4.66. The molecule has 0 aromatic carbocycles. The van der Waals surface area contributed by atoms with Gasteiger partial charge >= 0.3 is 5.97 Å². The van der Waals surface area contributed by atoms with Crippen molar-refractivity contribution in [2.45, 2.75) is 19.8 Å². The molecule has 0 radical (unpaired) electrons. The standard InChI is InChI=1S/C13H15NO4/c1-9-4-10(7-14-6-9)5-13(12(16)17)8-18-3-2-11(13)15/h4,6-7H,2-3,5,8H2,1H3,(H,16,17). The van der Waals surface area contributed by atoms with Gasteiger partial charge in [-0.15, -0.1) is 0 Å². The van der Waals surface area contributed by atoms with Crippen LogP contribution < -0.4 is 0 Å². The van der Waals surface area contributed by atoms with Crippen molar-refractivity contribution in [2.24, 2.45) is 5.41 Å². The quantitative estimate of drug-likeness (QED) is 0.808. The molecule has 1 unspecified atom stereocenters. The highest BCUT2D eigenvalue weighted by Crippen LogP contribution is 2.30. The first kappa shape index (κ1) is 12.7. The lowest BCUT2D eigenvalue weighted by atomic mass is 9.76. The number of ketones is 1. The molecule has 96 valence electrons.